The molecule has 0 spiro atoms. The van der Waals surface area contributed by atoms with Gasteiger partial charge in [0.05, 0.1) is 13.7 Å². The van der Waals surface area contributed by atoms with Crippen LogP contribution in [0.15, 0.2) is 0 Å². The molecule has 0 aromatic heterocycles. The third-order valence-electron chi connectivity index (χ3n) is 2.71. The zero-order valence-corrected chi connectivity index (χ0v) is 11.4. The van der Waals surface area contributed by atoms with Gasteiger partial charge in [-0.1, -0.05) is 0 Å². The summed E-state index contributed by atoms with van der Waals surface area (Å²) < 4.78 is 9.84. The Hall–Kier alpha value is -1.59. The highest BCUT2D eigenvalue weighted by Crippen LogP contribution is 2.29. The van der Waals surface area contributed by atoms with Crippen LogP contribution in [0.3, 0.4) is 0 Å². The third-order valence-corrected chi connectivity index (χ3v) is 2.71. The molecular formula is C12H19NO5. The van der Waals surface area contributed by atoms with Gasteiger partial charge >= 0.3 is 12.1 Å². The van der Waals surface area contributed by atoms with Crippen molar-refractivity contribution in [1.82, 2.24) is 4.90 Å². The molecule has 6 heteroatoms. The number of carbonyl (C=O) groups is 3. The summed E-state index contributed by atoms with van der Waals surface area (Å²) in [6.45, 7) is 6.54. The molecule has 0 radical (unpaired) electrons. The highest BCUT2D eigenvalue weighted by Gasteiger charge is 2.51. The summed E-state index contributed by atoms with van der Waals surface area (Å²) in [4.78, 5) is 36.4. The average molecular weight is 257 g/mol. The van der Waals surface area contributed by atoms with Crippen LogP contribution >= 0.6 is 0 Å². The first-order valence-corrected chi connectivity index (χ1v) is 5.71. The Kier molecular flexibility index (Phi) is 3.69. The molecule has 1 aliphatic rings. The molecule has 0 aromatic rings. The van der Waals surface area contributed by atoms with Crippen molar-refractivity contribution in [3.8, 4) is 0 Å². The largest absolute Gasteiger partial charge is 0.467 e. The fourth-order valence-corrected chi connectivity index (χ4v) is 1.87. The summed E-state index contributed by atoms with van der Waals surface area (Å²) in [5, 5.41) is 0. The van der Waals surface area contributed by atoms with Crippen LogP contribution in [0.2, 0.25) is 0 Å². The van der Waals surface area contributed by atoms with Gasteiger partial charge in [0.1, 0.15) is 11.1 Å². The van der Waals surface area contributed by atoms with E-state index in [0.717, 1.165) is 4.90 Å². The second-order valence-electron chi connectivity index (χ2n) is 5.55. The van der Waals surface area contributed by atoms with Gasteiger partial charge in [0, 0.05) is 6.42 Å². The Morgan fingerprint density at radius 3 is 2.33 bits per heavy atom. The lowest BCUT2D eigenvalue weighted by atomic mass is 9.99. The molecule has 1 amide bonds. The van der Waals surface area contributed by atoms with Crippen molar-refractivity contribution in [2.45, 2.75) is 45.3 Å². The van der Waals surface area contributed by atoms with Crippen molar-refractivity contribution < 1.29 is 23.9 Å². The van der Waals surface area contributed by atoms with Gasteiger partial charge in [-0.05, 0) is 27.7 Å². The molecule has 18 heavy (non-hydrogen) atoms. The lowest BCUT2D eigenvalue weighted by molar-refractivity contribution is -0.152. The molecule has 6 nitrogen and oxygen atoms in total. The summed E-state index contributed by atoms with van der Waals surface area (Å²) in [6.07, 6.45) is -0.722. The molecule has 0 bridgehead atoms. The van der Waals surface area contributed by atoms with Gasteiger partial charge in [-0.2, -0.15) is 0 Å². The molecule has 1 aliphatic heterocycles. The van der Waals surface area contributed by atoms with E-state index in [1.54, 1.807) is 20.8 Å². The number of methoxy groups -OCH3 is 1. The molecule has 0 N–H and O–H groups in total. The molecule has 0 aliphatic carbocycles. The van der Waals surface area contributed by atoms with Crippen LogP contribution in [0.1, 0.15) is 34.1 Å². The first-order chi connectivity index (χ1) is 8.10. The number of nitrogens with zero attached hydrogens (tertiary/aromatic N) is 1. The normalized spacial score (nSPS) is 24.1. The third kappa shape index (κ3) is 2.80. The molecule has 1 atom stereocenters. The number of ketones is 1. The predicted octanol–water partition coefficient (Wildman–Crippen LogP) is 1.13. The molecule has 1 heterocycles. The maximum Gasteiger partial charge on any atom is 0.411 e. The van der Waals surface area contributed by atoms with E-state index in [2.05, 4.69) is 4.74 Å². The van der Waals surface area contributed by atoms with Gasteiger partial charge in [0.15, 0.2) is 5.78 Å². The minimum absolute atomic E-state index is 0.0427. The summed E-state index contributed by atoms with van der Waals surface area (Å²) >= 11 is 0. The maximum absolute atomic E-state index is 12.0. The quantitative estimate of drug-likeness (QED) is 0.658. The Morgan fingerprint density at radius 2 is 1.89 bits per heavy atom. The van der Waals surface area contributed by atoms with E-state index in [9.17, 15) is 14.4 Å². The number of rotatable bonds is 1. The Labute approximate surface area is 106 Å². The van der Waals surface area contributed by atoms with Crippen LogP contribution in [0.4, 0.5) is 4.79 Å². The SMILES string of the molecule is COC(=O)C1(C)CC(=O)CN1C(=O)OC(C)(C)C. The Balaban J connectivity index is 2.95. The lowest BCUT2D eigenvalue weighted by Gasteiger charge is -2.33. The number of ether oxygens (including phenoxy) is 2. The molecule has 102 valence electrons. The standard InChI is InChI=1S/C12H19NO5/c1-11(2,3)18-10(16)13-7-8(14)6-12(13,4)9(15)17-5/h6-7H2,1-5H3. The van der Waals surface area contributed by atoms with Crippen LogP contribution in [0.5, 0.6) is 0 Å². The van der Waals surface area contributed by atoms with E-state index in [1.165, 1.54) is 14.0 Å². The van der Waals surface area contributed by atoms with E-state index in [4.69, 9.17) is 4.74 Å². The molecule has 1 rings (SSSR count). The van der Waals surface area contributed by atoms with E-state index in [1.807, 2.05) is 0 Å². The number of amides is 1. The van der Waals surface area contributed by atoms with Gasteiger partial charge in [0.25, 0.3) is 0 Å². The number of esters is 1. The van der Waals surface area contributed by atoms with E-state index in [0.29, 0.717) is 0 Å². The van der Waals surface area contributed by atoms with Crippen molar-refractivity contribution in [3.05, 3.63) is 0 Å². The Bertz CT molecular complexity index is 384. The van der Waals surface area contributed by atoms with Crippen molar-refractivity contribution in [1.29, 1.82) is 0 Å². The first-order valence-electron chi connectivity index (χ1n) is 5.71. The van der Waals surface area contributed by atoms with Crippen LogP contribution in [0, 0.1) is 0 Å². The maximum atomic E-state index is 12.0. The van der Waals surface area contributed by atoms with Crippen molar-refractivity contribution in [2.24, 2.45) is 0 Å². The summed E-state index contributed by atoms with van der Waals surface area (Å²) in [6, 6.07) is 0. The second-order valence-corrected chi connectivity index (χ2v) is 5.55. The number of hydrogen-bond acceptors (Lipinski definition) is 5. The summed E-state index contributed by atoms with van der Waals surface area (Å²) in [7, 11) is 1.23. The number of hydrogen-bond donors (Lipinski definition) is 0. The molecule has 0 saturated carbocycles. The number of likely N-dealkylation sites (tertiary alicyclic amines) is 1. The molecule has 1 saturated heterocycles. The van der Waals surface area contributed by atoms with Gasteiger partial charge in [-0.25, -0.2) is 9.59 Å². The number of carbonyl (C=O) groups excluding carboxylic acids is 3. The topological polar surface area (TPSA) is 72.9 Å². The van der Waals surface area contributed by atoms with Crippen LogP contribution < -0.4 is 0 Å². The Morgan fingerprint density at radius 1 is 1.33 bits per heavy atom. The van der Waals surface area contributed by atoms with Gasteiger partial charge in [0.2, 0.25) is 0 Å². The minimum atomic E-state index is -1.27. The zero-order valence-electron chi connectivity index (χ0n) is 11.4. The fraction of sp³-hybridized carbons (Fsp3) is 0.750. The van der Waals surface area contributed by atoms with Crippen molar-refractivity contribution >= 4 is 17.8 Å². The summed E-state index contributed by atoms with van der Waals surface area (Å²) in [5.41, 5.74) is -1.95. The highest BCUT2D eigenvalue weighted by molar-refractivity contribution is 5.98. The molecular weight excluding hydrogens is 238 g/mol. The zero-order chi connectivity index (χ0) is 14.1. The van der Waals surface area contributed by atoms with Crippen molar-refractivity contribution in [3.63, 3.8) is 0 Å². The van der Waals surface area contributed by atoms with Gasteiger partial charge in [-0.15, -0.1) is 0 Å². The van der Waals surface area contributed by atoms with Crippen LogP contribution in [-0.4, -0.2) is 47.5 Å². The molecule has 0 aromatic carbocycles. The van der Waals surface area contributed by atoms with E-state index >= 15 is 0 Å². The molecule has 1 unspecified atom stereocenters. The monoisotopic (exact) mass is 257 g/mol. The van der Waals surface area contributed by atoms with E-state index < -0.39 is 23.2 Å². The smallest absolute Gasteiger partial charge is 0.411 e. The first kappa shape index (κ1) is 14.5. The number of Topliss-reactive ketones (excluding diaryl/α,β-unsaturated/α-hetero) is 1. The fourth-order valence-electron chi connectivity index (χ4n) is 1.87. The highest BCUT2D eigenvalue weighted by atomic mass is 16.6. The molecule has 1 fully saturated rings. The van der Waals surface area contributed by atoms with Gasteiger partial charge in [-0.3, -0.25) is 9.69 Å². The van der Waals surface area contributed by atoms with Crippen LogP contribution in [-0.2, 0) is 19.1 Å². The second kappa shape index (κ2) is 4.59. The lowest BCUT2D eigenvalue weighted by Crippen LogP contribution is -2.52. The van der Waals surface area contributed by atoms with E-state index in [-0.39, 0.29) is 18.7 Å². The van der Waals surface area contributed by atoms with Crippen LogP contribution in [0.25, 0.3) is 0 Å². The van der Waals surface area contributed by atoms with Gasteiger partial charge < -0.3 is 9.47 Å². The predicted molar refractivity (Wildman–Crippen MR) is 63.0 cm³/mol. The summed E-state index contributed by atoms with van der Waals surface area (Å²) in [5.74, 6) is -0.798. The van der Waals surface area contributed by atoms with Crippen molar-refractivity contribution in [2.75, 3.05) is 13.7 Å². The average Bonchev–Trinajstić information content (AvgIpc) is 2.51. The minimum Gasteiger partial charge on any atom is -0.467 e.